The summed E-state index contributed by atoms with van der Waals surface area (Å²) in [4.78, 5) is 26.1. The topological polar surface area (TPSA) is 55.8 Å². The van der Waals surface area contributed by atoms with E-state index in [9.17, 15) is 9.59 Å². The van der Waals surface area contributed by atoms with Gasteiger partial charge in [-0.2, -0.15) is 0 Å². The fraction of sp³-hybridized carbons (Fsp3) is 0.462. The van der Waals surface area contributed by atoms with Gasteiger partial charge in [0.15, 0.2) is 0 Å². The molecule has 0 N–H and O–H groups in total. The van der Waals surface area contributed by atoms with Crippen molar-refractivity contribution >= 4 is 31.1 Å². The largest absolute Gasteiger partial charge is 0.444 e. The number of amides is 1. The van der Waals surface area contributed by atoms with E-state index in [4.69, 9.17) is 9.16 Å². The minimum absolute atomic E-state index is 0.175. The summed E-state index contributed by atoms with van der Waals surface area (Å²) < 4.78 is 12.7. The maximum atomic E-state index is 12.8. The van der Waals surface area contributed by atoms with Gasteiger partial charge in [0.05, 0.1) is 12.1 Å². The zero-order valence-electron chi connectivity index (χ0n) is 20.0. The highest BCUT2D eigenvalue weighted by Crippen LogP contribution is 2.39. The van der Waals surface area contributed by atoms with Crippen LogP contribution in [0.1, 0.15) is 48.0 Å². The monoisotopic (exact) mass is 453 g/mol. The summed E-state index contributed by atoms with van der Waals surface area (Å²) in [5.74, 6) is 0. The summed E-state index contributed by atoms with van der Waals surface area (Å²) >= 11 is 0. The van der Waals surface area contributed by atoms with Crippen molar-refractivity contribution in [2.24, 2.45) is 0 Å². The summed E-state index contributed by atoms with van der Waals surface area (Å²) in [5, 5.41) is 2.18. The zero-order chi connectivity index (χ0) is 23.6. The fourth-order valence-corrected chi connectivity index (χ4v) is 9.20. The van der Waals surface area contributed by atoms with Crippen molar-refractivity contribution in [2.75, 3.05) is 6.54 Å². The number of carbonyl (C=O) groups excluding carboxylic acids is 2. The molecule has 0 aliphatic carbocycles. The first-order chi connectivity index (χ1) is 15.0. The van der Waals surface area contributed by atoms with Crippen molar-refractivity contribution in [1.29, 1.82) is 0 Å². The molecule has 1 heterocycles. The lowest BCUT2D eigenvalue weighted by molar-refractivity contribution is -0.111. The lowest BCUT2D eigenvalue weighted by Gasteiger charge is -2.44. The van der Waals surface area contributed by atoms with Gasteiger partial charge in [-0.25, -0.2) is 4.79 Å². The molecule has 5 nitrogen and oxygen atoms in total. The number of hydrogen-bond acceptors (Lipinski definition) is 4. The highest BCUT2D eigenvalue weighted by molar-refractivity contribution is 6.99. The fourth-order valence-electron chi connectivity index (χ4n) is 4.51. The van der Waals surface area contributed by atoms with Gasteiger partial charge in [0.2, 0.25) is 0 Å². The van der Waals surface area contributed by atoms with Gasteiger partial charge in [0.1, 0.15) is 11.9 Å². The van der Waals surface area contributed by atoms with Gasteiger partial charge in [0, 0.05) is 13.0 Å². The Morgan fingerprint density at radius 3 is 1.84 bits per heavy atom. The van der Waals surface area contributed by atoms with Crippen LogP contribution < -0.4 is 10.4 Å². The van der Waals surface area contributed by atoms with Crippen LogP contribution >= 0.6 is 0 Å². The van der Waals surface area contributed by atoms with Gasteiger partial charge in [-0.1, -0.05) is 81.4 Å². The number of carbonyl (C=O) groups is 2. The first-order valence-corrected chi connectivity index (χ1v) is 13.1. The molecular formula is C26H35NO4Si. The molecule has 0 saturated carbocycles. The first kappa shape index (κ1) is 24.2. The quantitative estimate of drug-likeness (QED) is 0.504. The van der Waals surface area contributed by atoms with E-state index in [0.29, 0.717) is 13.0 Å². The van der Waals surface area contributed by atoms with E-state index in [1.807, 2.05) is 57.2 Å². The van der Waals surface area contributed by atoms with Gasteiger partial charge in [-0.3, -0.25) is 4.90 Å². The maximum absolute atomic E-state index is 12.8. The summed E-state index contributed by atoms with van der Waals surface area (Å²) in [6.07, 6.45) is 0.568. The van der Waals surface area contributed by atoms with Crippen LogP contribution in [0, 0.1) is 0 Å². The molecule has 2 aromatic rings. The van der Waals surface area contributed by atoms with E-state index in [1.54, 1.807) is 0 Å². The SMILES string of the molecule is CC(C)(C)OC(=O)N1C[C@@H](O[Si](c2ccccc2)(c2ccccc2)C(C)(C)C)C[C@H]1C=O. The normalized spacial score (nSPS) is 19.6. The summed E-state index contributed by atoms with van der Waals surface area (Å²) in [6.45, 7) is 12.5. The Kier molecular flexibility index (Phi) is 6.96. The average Bonchev–Trinajstić information content (AvgIpc) is 3.14. The smallest absolute Gasteiger partial charge is 0.410 e. The molecule has 0 radical (unpaired) electrons. The number of ether oxygens (including phenoxy) is 1. The van der Waals surface area contributed by atoms with Gasteiger partial charge >= 0.3 is 6.09 Å². The second-order valence-corrected chi connectivity index (χ2v) is 14.7. The lowest BCUT2D eigenvalue weighted by atomic mass is 10.2. The molecule has 1 amide bonds. The van der Waals surface area contributed by atoms with E-state index in [0.717, 1.165) is 6.29 Å². The van der Waals surface area contributed by atoms with Crippen LogP contribution in [0.3, 0.4) is 0 Å². The average molecular weight is 454 g/mol. The molecule has 3 rings (SSSR count). The Balaban J connectivity index is 2.01. The Morgan fingerprint density at radius 2 is 1.44 bits per heavy atom. The highest BCUT2D eigenvalue weighted by atomic mass is 28.4. The van der Waals surface area contributed by atoms with Crippen molar-refractivity contribution in [2.45, 2.75) is 70.7 Å². The van der Waals surface area contributed by atoms with Gasteiger partial charge < -0.3 is 14.0 Å². The third kappa shape index (κ3) is 4.97. The predicted octanol–water partition coefficient (Wildman–Crippen LogP) is 4.14. The van der Waals surface area contributed by atoms with Crippen molar-refractivity contribution in [3.05, 3.63) is 60.7 Å². The molecule has 6 heteroatoms. The van der Waals surface area contributed by atoms with Gasteiger partial charge in [-0.05, 0) is 36.2 Å². The third-order valence-electron chi connectivity index (χ3n) is 5.85. The van der Waals surface area contributed by atoms with E-state index in [1.165, 1.54) is 15.3 Å². The molecule has 172 valence electrons. The predicted molar refractivity (Wildman–Crippen MR) is 130 cm³/mol. The molecule has 0 aromatic heterocycles. The standard InChI is InChI=1S/C26H35NO4Si/c1-25(2,3)30-24(29)27-18-21(17-20(27)19-28)31-32(26(4,5)6,22-13-9-7-10-14-22)23-15-11-8-12-16-23/h7-16,19-21H,17-18H2,1-6H3/t20-,21-/m0/s1. The number of nitrogens with zero attached hydrogens (tertiary/aromatic N) is 1. The number of likely N-dealkylation sites (tertiary alicyclic amines) is 1. The molecule has 1 fully saturated rings. The summed E-state index contributed by atoms with van der Waals surface area (Å²) in [7, 11) is -2.76. The molecule has 1 aliphatic rings. The molecule has 32 heavy (non-hydrogen) atoms. The van der Waals surface area contributed by atoms with Crippen LogP contribution in [0.5, 0.6) is 0 Å². The Hall–Kier alpha value is -2.44. The van der Waals surface area contributed by atoms with Gasteiger partial charge in [0.25, 0.3) is 8.32 Å². The second kappa shape index (κ2) is 9.20. The molecule has 2 aromatic carbocycles. The Bertz CT molecular complexity index is 879. The van der Waals surface area contributed by atoms with Crippen LogP contribution in [0.4, 0.5) is 4.79 Å². The van der Waals surface area contributed by atoms with E-state index in [2.05, 4.69) is 45.0 Å². The minimum atomic E-state index is -2.76. The Morgan fingerprint density at radius 1 is 0.938 bits per heavy atom. The molecule has 0 unspecified atom stereocenters. The van der Waals surface area contributed by atoms with Crippen molar-refractivity contribution < 1.29 is 18.8 Å². The van der Waals surface area contributed by atoms with Crippen LogP contribution in [-0.4, -0.2) is 49.9 Å². The highest BCUT2D eigenvalue weighted by Gasteiger charge is 2.53. The maximum Gasteiger partial charge on any atom is 0.410 e. The first-order valence-electron chi connectivity index (χ1n) is 11.2. The second-order valence-electron chi connectivity index (χ2n) is 10.5. The minimum Gasteiger partial charge on any atom is -0.444 e. The van der Waals surface area contributed by atoms with Crippen molar-refractivity contribution in [3.63, 3.8) is 0 Å². The molecular weight excluding hydrogens is 418 g/mol. The van der Waals surface area contributed by atoms with Crippen LogP contribution in [0.15, 0.2) is 60.7 Å². The van der Waals surface area contributed by atoms with E-state index >= 15 is 0 Å². The lowest BCUT2D eigenvalue weighted by Crippen LogP contribution is -2.67. The third-order valence-corrected chi connectivity index (χ3v) is 10.9. The molecule has 1 saturated heterocycles. The van der Waals surface area contributed by atoms with Crippen LogP contribution in [0.25, 0.3) is 0 Å². The zero-order valence-corrected chi connectivity index (χ0v) is 21.0. The number of rotatable bonds is 5. The van der Waals surface area contributed by atoms with E-state index < -0.39 is 26.1 Å². The molecule has 0 bridgehead atoms. The number of aldehydes is 1. The molecule has 1 aliphatic heterocycles. The number of benzene rings is 2. The Labute approximate surface area is 192 Å². The molecule has 2 atom stereocenters. The van der Waals surface area contributed by atoms with Crippen molar-refractivity contribution in [1.82, 2.24) is 4.90 Å². The summed E-state index contributed by atoms with van der Waals surface area (Å²) in [6, 6.07) is 20.2. The number of hydrogen-bond donors (Lipinski definition) is 0. The van der Waals surface area contributed by atoms with E-state index in [-0.39, 0.29) is 11.1 Å². The van der Waals surface area contributed by atoms with Crippen molar-refractivity contribution in [3.8, 4) is 0 Å². The van der Waals surface area contributed by atoms with Crippen LogP contribution in [-0.2, 0) is 14.0 Å². The molecule has 0 spiro atoms. The van der Waals surface area contributed by atoms with Gasteiger partial charge in [-0.15, -0.1) is 0 Å². The summed E-state index contributed by atoms with van der Waals surface area (Å²) in [5.41, 5.74) is -0.624. The van der Waals surface area contributed by atoms with Crippen LogP contribution in [0.2, 0.25) is 5.04 Å².